The molecule has 0 aromatic heterocycles. The maximum Gasteiger partial charge on any atom is 0.184 e. The number of benzene rings is 2. The van der Waals surface area contributed by atoms with Crippen molar-refractivity contribution in [2.75, 3.05) is 20.3 Å². The van der Waals surface area contributed by atoms with Gasteiger partial charge in [-0.2, -0.15) is 0 Å². The second kappa shape index (κ2) is 7.59. The van der Waals surface area contributed by atoms with Crippen LogP contribution in [0.3, 0.4) is 0 Å². The number of ether oxygens (including phenoxy) is 4. The van der Waals surface area contributed by atoms with Crippen LogP contribution in [0.5, 0.6) is 5.75 Å². The second-order valence-corrected chi connectivity index (χ2v) is 5.63. The van der Waals surface area contributed by atoms with Crippen molar-refractivity contribution in [1.29, 1.82) is 0 Å². The van der Waals surface area contributed by atoms with Gasteiger partial charge in [0, 0.05) is 5.56 Å². The third-order valence-corrected chi connectivity index (χ3v) is 3.97. The first-order chi connectivity index (χ1) is 11.3. The Hall–Kier alpha value is -1.88. The molecule has 2 aromatic rings. The van der Waals surface area contributed by atoms with Crippen LogP contribution in [0.15, 0.2) is 48.5 Å². The average Bonchev–Trinajstić information content (AvgIpc) is 2.61. The molecular weight excluding hydrogens is 292 g/mol. The van der Waals surface area contributed by atoms with Crippen LogP contribution < -0.4 is 4.74 Å². The molecule has 0 radical (unpaired) electrons. The number of aryl methyl sites for hydroxylation is 1. The van der Waals surface area contributed by atoms with E-state index < -0.39 is 0 Å². The Balaban J connectivity index is 1.51. The number of hydrogen-bond acceptors (Lipinski definition) is 4. The summed E-state index contributed by atoms with van der Waals surface area (Å²) in [7, 11) is 1.65. The fourth-order valence-electron chi connectivity index (χ4n) is 2.54. The van der Waals surface area contributed by atoms with Gasteiger partial charge in [-0.05, 0) is 30.2 Å². The fraction of sp³-hybridized carbons (Fsp3) is 0.368. The molecule has 3 rings (SSSR count). The second-order valence-electron chi connectivity index (χ2n) is 5.63. The molecule has 1 aliphatic rings. The van der Waals surface area contributed by atoms with E-state index in [1.54, 1.807) is 7.11 Å². The lowest BCUT2D eigenvalue weighted by atomic mass is 10.1. The number of hydrogen-bond donors (Lipinski definition) is 0. The van der Waals surface area contributed by atoms with Crippen LogP contribution in [-0.2, 0) is 20.8 Å². The lowest BCUT2D eigenvalue weighted by molar-refractivity contribution is -0.232. The van der Waals surface area contributed by atoms with Gasteiger partial charge in [-0.3, -0.25) is 0 Å². The first kappa shape index (κ1) is 16.0. The molecule has 0 aliphatic carbocycles. The lowest BCUT2D eigenvalue weighted by Gasteiger charge is -2.29. The van der Waals surface area contributed by atoms with Gasteiger partial charge in [-0.25, -0.2) is 0 Å². The summed E-state index contributed by atoms with van der Waals surface area (Å²) in [4.78, 5) is 0. The zero-order valence-corrected chi connectivity index (χ0v) is 13.5. The van der Waals surface area contributed by atoms with E-state index in [1.165, 1.54) is 11.1 Å². The topological polar surface area (TPSA) is 36.9 Å². The first-order valence-corrected chi connectivity index (χ1v) is 7.79. The van der Waals surface area contributed by atoms with Crippen molar-refractivity contribution in [2.24, 2.45) is 0 Å². The summed E-state index contributed by atoms with van der Waals surface area (Å²) in [6, 6.07) is 16.0. The van der Waals surface area contributed by atoms with Crippen LogP contribution >= 0.6 is 0 Å². The predicted octanol–water partition coefficient (Wildman–Crippen LogP) is 3.63. The first-order valence-electron chi connectivity index (χ1n) is 7.79. The Kier molecular flexibility index (Phi) is 5.28. The summed E-state index contributed by atoms with van der Waals surface area (Å²) in [6.45, 7) is 3.71. The molecule has 0 atom stereocenters. The summed E-state index contributed by atoms with van der Waals surface area (Å²) in [6.07, 6.45) is -0.403. The zero-order valence-electron chi connectivity index (χ0n) is 13.5. The van der Waals surface area contributed by atoms with E-state index in [4.69, 9.17) is 18.9 Å². The van der Waals surface area contributed by atoms with Crippen molar-refractivity contribution in [3.8, 4) is 5.75 Å². The number of rotatable bonds is 5. The Morgan fingerprint density at radius 2 is 1.83 bits per heavy atom. The van der Waals surface area contributed by atoms with Crippen LogP contribution in [0.2, 0.25) is 0 Å². The van der Waals surface area contributed by atoms with E-state index in [9.17, 15) is 0 Å². The molecule has 122 valence electrons. The lowest BCUT2D eigenvalue weighted by Crippen LogP contribution is -2.33. The van der Waals surface area contributed by atoms with Crippen molar-refractivity contribution in [1.82, 2.24) is 0 Å². The summed E-state index contributed by atoms with van der Waals surface area (Å²) in [5, 5.41) is 0. The highest BCUT2D eigenvalue weighted by atomic mass is 16.7. The average molecular weight is 314 g/mol. The highest BCUT2D eigenvalue weighted by Crippen LogP contribution is 2.26. The van der Waals surface area contributed by atoms with Gasteiger partial charge in [0.15, 0.2) is 6.29 Å². The SMILES string of the molecule is COc1cccc([C@H]2OC[C@@H](OCc3ccccc3C)CO2)c1. The van der Waals surface area contributed by atoms with Gasteiger partial charge in [0.05, 0.1) is 26.9 Å². The van der Waals surface area contributed by atoms with Crippen molar-refractivity contribution >= 4 is 0 Å². The molecule has 1 saturated heterocycles. The molecule has 1 aliphatic heterocycles. The fourth-order valence-corrected chi connectivity index (χ4v) is 2.54. The maximum atomic E-state index is 5.90. The van der Waals surface area contributed by atoms with E-state index in [0.717, 1.165) is 11.3 Å². The summed E-state index contributed by atoms with van der Waals surface area (Å²) in [5.41, 5.74) is 3.39. The molecule has 1 fully saturated rings. The Morgan fingerprint density at radius 1 is 1.04 bits per heavy atom. The van der Waals surface area contributed by atoms with Gasteiger partial charge in [0.2, 0.25) is 0 Å². The quantitative estimate of drug-likeness (QED) is 0.844. The van der Waals surface area contributed by atoms with Gasteiger partial charge >= 0.3 is 0 Å². The molecule has 4 nitrogen and oxygen atoms in total. The normalized spacial score (nSPS) is 21.1. The van der Waals surface area contributed by atoms with Gasteiger partial charge in [-0.15, -0.1) is 0 Å². The molecular formula is C19H22O4. The molecule has 4 heteroatoms. The summed E-state index contributed by atoms with van der Waals surface area (Å²) < 4.78 is 22.7. The molecule has 23 heavy (non-hydrogen) atoms. The van der Waals surface area contributed by atoms with Gasteiger partial charge in [-0.1, -0.05) is 36.4 Å². The predicted molar refractivity (Wildman–Crippen MR) is 87.4 cm³/mol. The molecule has 0 N–H and O–H groups in total. The van der Waals surface area contributed by atoms with E-state index >= 15 is 0 Å². The smallest absolute Gasteiger partial charge is 0.184 e. The zero-order chi connectivity index (χ0) is 16.1. The van der Waals surface area contributed by atoms with Gasteiger partial charge in [0.25, 0.3) is 0 Å². The Bertz CT molecular complexity index is 633. The molecule has 0 amide bonds. The van der Waals surface area contributed by atoms with Crippen LogP contribution in [0.25, 0.3) is 0 Å². The van der Waals surface area contributed by atoms with Crippen LogP contribution in [-0.4, -0.2) is 26.4 Å². The van der Waals surface area contributed by atoms with Crippen molar-refractivity contribution < 1.29 is 18.9 Å². The maximum absolute atomic E-state index is 5.90. The third-order valence-electron chi connectivity index (χ3n) is 3.97. The van der Waals surface area contributed by atoms with E-state index in [2.05, 4.69) is 19.1 Å². The summed E-state index contributed by atoms with van der Waals surface area (Å²) >= 11 is 0. The van der Waals surface area contributed by atoms with E-state index in [1.807, 2.05) is 36.4 Å². The molecule has 0 spiro atoms. The standard InChI is InChI=1S/C19H22O4/c1-14-6-3-4-7-16(14)11-21-18-12-22-19(23-13-18)15-8-5-9-17(10-15)20-2/h3-10,18-19H,11-13H2,1-2H3/t18-,19+. The number of methoxy groups -OCH3 is 1. The van der Waals surface area contributed by atoms with Crippen molar-refractivity contribution in [3.05, 3.63) is 65.2 Å². The van der Waals surface area contributed by atoms with E-state index in [0.29, 0.717) is 19.8 Å². The third kappa shape index (κ3) is 4.10. The summed E-state index contributed by atoms with van der Waals surface area (Å²) in [5.74, 6) is 0.799. The Labute approximate surface area is 136 Å². The van der Waals surface area contributed by atoms with E-state index in [-0.39, 0.29) is 12.4 Å². The highest BCUT2D eigenvalue weighted by molar-refractivity contribution is 5.29. The van der Waals surface area contributed by atoms with Crippen LogP contribution in [0.4, 0.5) is 0 Å². The van der Waals surface area contributed by atoms with Crippen LogP contribution in [0, 0.1) is 6.92 Å². The molecule has 0 saturated carbocycles. The molecule has 1 heterocycles. The largest absolute Gasteiger partial charge is 0.497 e. The molecule has 2 aromatic carbocycles. The van der Waals surface area contributed by atoms with Crippen molar-refractivity contribution in [3.63, 3.8) is 0 Å². The highest BCUT2D eigenvalue weighted by Gasteiger charge is 2.24. The monoisotopic (exact) mass is 314 g/mol. The molecule has 0 unspecified atom stereocenters. The van der Waals surface area contributed by atoms with Crippen molar-refractivity contribution in [2.45, 2.75) is 25.9 Å². The molecule has 0 bridgehead atoms. The minimum absolute atomic E-state index is 0.0449. The minimum Gasteiger partial charge on any atom is -0.497 e. The van der Waals surface area contributed by atoms with Gasteiger partial charge in [0.1, 0.15) is 11.9 Å². The van der Waals surface area contributed by atoms with Gasteiger partial charge < -0.3 is 18.9 Å². The van der Waals surface area contributed by atoms with Crippen LogP contribution in [0.1, 0.15) is 23.0 Å². The Morgan fingerprint density at radius 3 is 2.57 bits per heavy atom. The minimum atomic E-state index is -0.358.